The number of ether oxygens (including phenoxy) is 6. The van der Waals surface area contributed by atoms with Crippen LogP contribution < -0.4 is 0 Å². The van der Waals surface area contributed by atoms with Crippen molar-refractivity contribution in [1.29, 1.82) is 5.41 Å². The van der Waals surface area contributed by atoms with Crippen LogP contribution in [0.4, 0.5) is 0 Å². The van der Waals surface area contributed by atoms with Crippen LogP contribution in [0.3, 0.4) is 0 Å². The summed E-state index contributed by atoms with van der Waals surface area (Å²) in [6.45, 7) is 4.85. The zero-order chi connectivity index (χ0) is 24.6. The second-order valence-electron chi connectivity index (χ2n) is 6.81. The standard InChI is InChI=1S/C21H24Cl3NO8/c1-4-10-29-14-15(30-11-13-8-6-5-7-9-13)17(31-12(2)26)19(32-16(14)18(27)28-3)33-20(25)21(22,23)24/h4-9,14-17,19,25H,1,10-11H2,2-3H3/t14-,15-,16+,17+,19+/m1/s1. The molecular formula is C21H24Cl3NO8. The Morgan fingerprint density at radius 3 is 2.33 bits per heavy atom. The van der Waals surface area contributed by atoms with E-state index < -0.39 is 52.3 Å². The Morgan fingerprint density at radius 2 is 1.79 bits per heavy atom. The highest BCUT2D eigenvalue weighted by molar-refractivity contribution is 6.76. The first-order valence-electron chi connectivity index (χ1n) is 9.69. The topological polar surface area (TPSA) is 113 Å². The zero-order valence-electron chi connectivity index (χ0n) is 17.9. The molecule has 1 aliphatic rings. The van der Waals surface area contributed by atoms with Crippen LogP contribution in [0.2, 0.25) is 0 Å². The molecule has 0 radical (unpaired) electrons. The number of benzene rings is 1. The van der Waals surface area contributed by atoms with Crippen LogP contribution in [0.15, 0.2) is 43.0 Å². The Labute approximate surface area is 206 Å². The molecule has 1 fully saturated rings. The maximum absolute atomic E-state index is 12.5. The van der Waals surface area contributed by atoms with Gasteiger partial charge in [-0.05, 0) is 5.56 Å². The molecule has 1 saturated heterocycles. The number of methoxy groups -OCH3 is 1. The van der Waals surface area contributed by atoms with Gasteiger partial charge in [0.1, 0.15) is 12.2 Å². The molecule has 1 aliphatic heterocycles. The predicted molar refractivity (Wildman–Crippen MR) is 120 cm³/mol. The molecule has 1 aromatic rings. The van der Waals surface area contributed by atoms with Gasteiger partial charge in [-0.2, -0.15) is 0 Å². The molecule has 1 N–H and O–H groups in total. The first-order chi connectivity index (χ1) is 15.6. The minimum absolute atomic E-state index is 0.0228. The lowest BCUT2D eigenvalue weighted by atomic mass is 9.97. The molecule has 5 atom stereocenters. The van der Waals surface area contributed by atoms with E-state index in [0.717, 1.165) is 19.6 Å². The average Bonchev–Trinajstić information content (AvgIpc) is 2.77. The highest BCUT2D eigenvalue weighted by Gasteiger charge is 2.54. The number of carbonyl (C=O) groups excluding carboxylic acids is 2. The number of carbonyl (C=O) groups is 2. The van der Waals surface area contributed by atoms with Crippen LogP contribution in [0.5, 0.6) is 0 Å². The summed E-state index contributed by atoms with van der Waals surface area (Å²) in [7, 11) is 1.16. The summed E-state index contributed by atoms with van der Waals surface area (Å²) in [6, 6.07) is 9.13. The van der Waals surface area contributed by atoms with Crippen molar-refractivity contribution in [3.8, 4) is 0 Å². The number of alkyl halides is 3. The van der Waals surface area contributed by atoms with E-state index in [2.05, 4.69) is 6.58 Å². The molecule has 9 nitrogen and oxygen atoms in total. The van der Waals surface area contributed by atoms with Gasteiger partial charge in [-0.15, -0.1) is 6.58 Å². The Kier molecular flexibility index (Phi) is 10.4. The lowest BCUT2D eigenvalue weighted by Crippen LogP contribution is -2.63. The Morgan fingerprint density at radius 1 is 1.12 bits per heavy atom. The summed E-state index contributed by atoms with van der Waals surface area (Å²) in [5.41, 5.74) is 0.800. The van der Waals surface area contributed by atoms with E-state index in [0.29, 0.717) is 0 Å². The second kappa shape index (κ2) is 12.5. The number of rotatable bonds is 9. The van der Waals surface area contributed by atoms with Crippen molar-refractivity contribution in [2.75, 3.05) is 13.7 Å². The van der Waals surface area contributed by atoms with Crippen molar-refractivity contribution in [3.63, 3.8) is 0 Å². The van der Waals surface area contributed by atoms with Gasteiger partial charge in [0.25, 0.3) is 3.79 Å². The number of esters is 2. The Hall–Kier alpha value is -1.88. The lowest BCUT2D eigenvalue weighted by Gasteiger charge is -2.44. The largest absolute Gasteiger partial charge is 0.467 e. The Balaban J connectivity index is 2.45. The molecular weight excluding hydrogens is 501 g/mol. The van der Waals surface area contributed by atoms with Crippen LogP contribution in [-0.4, -0.2) is 66.1 Å². The normalized spacial score (nSPS) is 25.1. The van der Waals surface area contributed by atoms with Gasteiger partial charge in [0, 0.05) is 6.92 Å². The van der Waals surface area contributed by atoms with E-state index in [1.54, 1.807) is 0 Å². The van der Waals surface area contributed by atoms with E-state index in [1.807, 2.05) is 30.3 Å². The second-order valence-corrected chi connectivity index (χ2v) is 9.10. The molecule has 12 heteroatoms. The number of halogens is 3. The van der Waals surface area contributed by atoms with Crippen molar-refractivity contribution in [2.45, 2.75) is 48.0 Å². The highest BCUT2D eigenvalue weighted by atomic mass is 35.6. The number of hydrogen-bond acceptors (Lipinski definition) is 9. The molecule has 0 aliphatic carbocycles. The van der Waals surface area contributed by atoms with Gasteiger partial charge >= 0.3 is 11.9 Å². The third kappa shape index (κ3) is 7.84. The summed E-state index contributed by atoms with van der Waals surface area (Å²) in [5.74, 6) is -2.33. The minimum Gasteiger partial charge on any atom is -0.467 e. The van der Waals surface area contributed by atoms with Gasteiger partial charge in [-0.25, -0.2) is 4.79 Å². The first-order valence-corrected chi connectivity index (χ1v) is 10.8. The molecule has 2 rings (SSSR count). The summed E-state index contributed by atoms with van der Waals surface area (Å²) < 4.78 is 30.8. The predicted octanol–water partition coefficient (Wildman–Crippen LogP) is 3.34. The molecule has 0 unspecified atom stereocenters. The molecule has 0 aromatic heterocycles. The third-order valence-corrected chi connectivity index (χ3v) is 4.93. The van der Waals surface area contributed by atoms with Gasteiger partial charge in [0.05, 0.1) is 20.3 Å². The highest BCUT2D eigenvalue weighted by Crippen LogP contribution is 2.34. The smallest absolute Gasteiger partial charge is 0.338 e. The molecule has 0 saturated carbocycles. The fraction of sp³-hybridized carbons (Fsp3) is 0.476. The van der Waals surface area contributed by atoms with Gasteiger partial charge < -0.3 is 28.4 Å². The summed E-state index contributed by atoms with van der Waals surface area (Å²) in [4.78, 5) is 24.4. The molecule has 0 amide bonds. The van der Waals surface area contributed by atoms with E-state index in [1.165, 1.54) is 6.08 Å². The van der Waals surface area contributed by atoms with Crippen molar-refractivity contribution in [3.05, 3.63) is 48.6 Å². The summed E-state index contributed by atoms with van der Waals surface area (Å²) in [6.07, 6.45) is -4.95. The number of nitrogens with one attached hydrogen (secondary N) is 1. The molecule has 33 heavy (non-hydrogen) atoms. The fourth-order valence-electron chi connectivity index (χ4n) is 3.03. The van der Waals surface area contributed by atoms with Crippen molar-refractivity contribution in [2.24, 2.45) is 0 Å². The van der Waals surface area contributed by atoms with Crippen LogP contribution in [0.25, 0.3) is 0 Å². The van der Waals surface area contributed by atoms with Crippen molar-refractivity contribution in [1.82, 2.24) is 0 Å². The summed E-state index contributed by atoms with van der Waals surface area (Å²) >= 11 is 17.1. The van der Waals surface area contributed by atoms with Crippen LogP contribution >= 0.6 is 34.8 Å². The summed E-state index contributed by atoms with van der Waals surface area (Å²) in [5, 5.41) is 7.89. The van der Waals surface area contributed by atoms with Gasteiger partial charge in [-0.1, -0.05) is 71.2 Å². The molecule has 1 heterocycles. The maximum Gasteiger partial charge on any atom is 0.338 e. The number of hydrogen-bond donors (Lipinski definition) is 1. The quantitative estimate of drug-likeness (QED) is 0.172. The van der Waals surface area contributed by atoms with Crippen molar-refractivity contribution < 1.29 is 38.0 Å². The van der Waals surface area contributed by atoms with Crippen LogP contribution in [0, 0.1) is 5.41 Å². The Bertz CT molecular complexity index is 833. The molecule has 182 valence electrons. The van der Waals surface area contributed by atoms with Crippen molar-refractivity contribution >= 4 is 52.6 Å². The lowest BCUT2D eigenvalue weighted by molar-refractivity contribution is -0.294. The fourth-order valence-corrected chi connectivity index (χ4v) is 3.16. The molecule has 0 bridgehead atoms. The van der Waals surface area contributed by atoms with E-state index in [9.17, 15) is 9.59 Å². The molecule has 1 aromatic carbocycles. The van der Waals surface area contributed by atoms with Gasteiger partial charge in [-0.3, -0.25) is 10.2 Å². The first kappa shape index (κ1) is 27.4. The third-order valence-electron chi connectivity index (χ3n) is 4.41. The van der Waals surface area contributed by atoms with Gasteiger partial charge in [0.2, 0.25) is 12.2 Å². The van der Waals surface area contributed by atoms with E-state index >= 15 is 0 Å². The van der Waals surface area contributed by atoms with Crippen LogP contribution in [-0.2, 0) is 44.6 Å². The van der Waals surface area contributed by atoms with E-state index in [-0.39, 0.29) is 13.2 Å². The SMILES string of the molecule is C=CCO[C@@H]1[C@@H](OCc2ccccc2)[C@H](OC(C)=O)[C@H](OC(=N)C(Cl)(Cl)Cl)O[C@@H]1C(=O)OC. The zero-order valence-corrected chi connectivity index (χ0v) is 20.1. The average molecular weight is 525 g/mol. The van der Waals surface area contributed by atoms with E-state index in [4.69, 9.17) is 68.6 Å². The monoisotopic (exact) mass is 523 g/mol. The minimum atomic E-state index is -2.23. The maximum atomic E-state index is 12.5. The van der Waals surface area contributed by atoms with Crippen LogP contribution in [0.1, 0.15) is 12.5 Å². The molecule has 0 spiro atoms. The van der Waals surface area contributed by atoms with Gasteiger partial charge in [0.15, 0.2) is 12.2 Å².